The van der Waals surface area contributed by atoms with Gasteiger partial charge >= 0.3 is 0 Å². The second kappa shape index (κ2) is 2.54. The topological polar surface area (TPSA) is 20.2 Å². The zero-order valence-electron chi connectivity index (χ0n) is 7.22. The van der Waals surface area contributed by atoms with Crippen molar-refractivity contribution in [2.24, 2.45) is 17.3 Å². The highest BCUT2D eigenvalue weighted by atomic mass is 16.3. The third kappa shape index (κ3) is 2.30. The first kappa shape index (κ1) is 8.06. The fraction of sp³-hybridized carbons (Fsp3) is 1.00. The van der Waals surface area contributed by atoms with E-state index >= 15 is 0 Å². The van der Waals surface area contributed by atoms with Gasteiger partial charge in [-0.2, -0.15) is 0 Å². The lowest BCUT2D eigenvalue weighted by Crippen LogP contribution is -2.06. The van der Waals surface area contributed by atoms with Gasteiger partial charge in [-0.3, -0.25) is 0 Å². The molecule has 0 aromatic heterocycles. The van der Waals surface area contributed by atoms with Crippen molar-refractivity contribution in [1.82, 2.24) is 0 Å². The molecule has 1 heteroatoms. The van der Waals surface area contributed by atoms with E-state index in [0.29, 0.717) is 17.9 Å². The summed E-state index contributed by atoms with van der Waals surface area (Å²) in [4.78, 5) is 0. The van der Waals surface area contributed by atoms with Crippen LogP contribution in [0.4, 0.5) is 0 Å². The predicted molar refractivity (Wildman–Crippen MR) is 42.8 cm³/mol. The molecule has 0 saturated heterocycles. The van der Waals surface area contributed by atoms with Crippen molar-refractivity contribution in [2.75, 3.05) is 6.61 Å². The average molecular weight is 142 g/mol. The Bertz CT molecular complexity index is 112. The van der Waals surface area contributed by atoms with Crippen molar-refractivity contribution in [3.05, 3.63) is 0 Å². The molecule has 1 aliphatic rings. The number of hydrogen-bond donors (Lipinski definition) is 1. The standard InChI is InChI=1S/C9H18O/c1-9(2,3)5-7-4-8(7)6-10/h7-8,10H,4-6H2,1-3H3/t7-,8+/m0/s1. The molecule has 0 spiro atoms. The number of aliphatic hydroxyl groups excluding tert-OH is 1. The van der Waals surface area contributed by atoms with Gasteiger partial charge in [0.25, 0.3) is 0 Å². The van der Waals surface area contributed by atoms with Gasteiger partial charge in [-0.15, -0.1) is 0 Å². The maximum Gasteiger partial charge on any atom is 0.0462 e. The first-order chi connectivity index (χ1) is 4.53. The molecule has 1 fully saturated rings. The van der Waals surface area contributed by atoms with Gasteiger partial charge in [0.15, 0.2) is 0 Å². The molecule has 60 valence electrons. The van der Waals surface area contributed by atoms with Crippen molar-refractivity contribution in [3.63, 3.8) is 0 Å². The van der Waals surface area contributed by atoms with Gasteiger partial charge in [0, 0.05) is 6.61 Å². The largest absolute Gasteiger partial charge is 0.396 e. The minimum Gasteiger partial charge on any atom is -0.396 e. The predicted octanol–water partition coefficient (Wildman–Crippen LogP) is 2.05. The molecule has 10 heavy (non-hydrogen) atoms. The maximum absolute atomic E-state index is 8.77. The molecule has 1 nitrogen and oxygen atoms in total. The number of hydrogen-bond acceptors (Lipinski definition) is 1. The van der Waals surface area contributed by atoms with E-state index in [0.717, 1.165) is 5.92 Å². The van der Waals surface area contributed by atoms with Crippen LogP contribution in [-0.2, 0) is 0 Å². The number of rotatable bonds is 2. The van der Waals surface area contributed by atoms with Gasteiger partial charge in [-0.05, 0) is 30.1 Å². The summed E-state index contributed by atoms with van der Waals surface area (Å²) in [6.07, 6.45) is 2.53. The quantitative estimate of drug-likeness (QED) is 0.625. The van der Waals surface area contributed by atoms with E-state index in [9.17, 15) is 0 Å². The Morgan fingerprint density at radius 1 is 1.30 bits per heavy atom. The Morgan fingerprint density at radius 2 is 1.90 bits per heavy atom. The van der Waals surface area contributed by atoms with E-state index in [1.54, 1.807) is 0 Å². The molecule has 1 aliphatic carbocycles. The van der Waals surface area contributed by atoms with E-state index in [-0.39, 0.29) is 0 Å². The Kier molecular flexibility index (Phi) is 2.04. The summed E-state index contributed by atoms with van der Waals surface area (Å²) in [7, 11) is 0. The van der Waals surface area contributed by atoms with E-state index in [1.165, 1.54) is 12.8 Å². The lowest BCUT2D eigenvalue weighted by molar-refractivity contribution is 0.255. The minimum atomic E-state index is 0.404. The van der Waals surface area contributed by atoms with E-state index in [2.05, 4.69) is 20.8 Å². The molecule has 1 rings (SSSR count). The summed E-state index contributed by atoms with van der Waals surface area (Å²) < 4.78 is 0. The summed E-state index contributed by atoms with van der Waals surface area (Å²) in [5.74, 6) is 1.46. The van der Waals surface area contributed by atoms with Gasteiger partial charge in [0.1, 0.15) is 0 Å². The van der Waals surface area contributed by atoms with Crippen LogP contribution in [0.1, 0.15) is 33.6 Å². The van der Waals surface area contributed by atoms with Crippen LogP contribution in [0.2, 0.25) is 0 Å². The Morgan fingerprint density at radius 3 is 2.20 bits per heavy atom. The van der Waals surface area contributed by atoms with E-state index in [4.69, 9.17) is 5.11 Å². The van der Waals surface area contributed by atoms with Crippen LogP contribution in [-0.4, -0.2) is 11.7 Å². The molecule has 1 N–H and O–H groups in total. The van der Waals surface area contributed by atoms with Gasteiger partial charge in [-0.1, -0.05) is 20.8 Å². The van der Waals surface area contributed by atoms with Crippen LogP contribution in [0.15, 0.2) is 0 Å². The van der Waals surface area contributed by atoms with Crippen molar-refractivity contribution in [3.8, 4) is 0 Å². The molecule has 2 atom stereocenters. The molecule has 1 saturated carbocycles. The first-order valence-corrected chi connectivity index (χ1v) is 4.14. The molecule has 0 aliphatic heterocycles. The zero-order chi connectivity index (χ0) is 7.78. The third-order valence-corrected chi connectivity index (χ3v) is 2.18. The number of aliphatic hydroxyl groups is 1. The molecule has 0 bridgehead atoms. The highest BCUT2D eigenvalue weighted by Gasteiger charge is 2.38. The fourth-order valence-electron chi connectivity index (χ4n) is 1.57. The van der Waals surface area contributed by atoms with Crippen LogP contribution in [0.5, 0.6) is 0 Å². The summed E-state index contributed by atoms with van der Waals surface area (Å²) in [6.45, 7) is 7.19. The van der Waals surface area contributed by atoms with Gasteiger partial charge in [0.2, 0.25) is 0 Å². The summed E-state index contributed by atoms with van der Waals surface area (Å²) >= 11 is 0. The Balaban J connectivity index is 2.18. The maximum atomic E-state index is 8.77. The van der Waals surface area contributed by atoms with Crippen molar-refractivity contribution >= 4 is 0 Å². The molecule has 0 radical (unpaired) electrons. The lowest BCUT2D eigenvalue weighted by atomic mass is 9.89. The van der Waals surface area contributed by atoms with Crippen molar-refractivity contribution in [1.29, 1.82) is 0 Å². The molecule has 0 amide bonds. The SMILES string of the molecule is CC(C)(C)C[C@@H]1C[C@@H]1CO. The van der Waals surface area contributed by atoms with Crippen LogP contribution in [0.25, 0.3) is 0 Å². The average Bonchev–Trinajstić information content (AvgIpc) is 2.42. The van der Waals surface area contributed by atoms with Gasteiger partial charge in [-0.25, -0.2) is 0 Å². The highest BCUT2D eigenvalue weighted by molar-refractivity contribution is 4.88. The minimum absolute atomic E-state index is 0.404. The van der Waals surface area contributed by atoms with E-state index < -0.39 is 0 Å². The van der Waals surface area contributed by atoms with Crippen molar-refractivity contribution in [2.45, 2.75) is 33.6 Å². The van der Waals surface area contributed by atoms with Crippen LogP contribution in [0.3, 0.4) is 0 Å². The summed E-state index contributed by atoms with van der Waals surface area (Å²) in [5.41, 5.74) is 0.453. The molecule has 0 aromatic carbocycles. The molecular formula is C9H18O. The second-order valence-corrected chi connectivity index (χ2v) is 4.70. The molecule has 0 unspecified atom stereocenters. The monoisotopic (exact) mass is 142 g/mol. The highest BCUT2D eigenvalue weighted by Crippen LogP contribution is 2.45. The zero-order valence-corrected chi connectivity index (χ0v) is 7.22. The fourth-order valence-corrected chi connectivity index (χ4v) is 1.57. The van der Waals surface area contributed by atoms with Gasteiger partial charge < -0.3 is 5.11 Å². The first-order valence-electron chi connectivity index (χ1n) is 4.14. The summed E-state index contributed by atoms with van der Waals surface area (Å²) in [5, 5.41) is 8.77. The molecule has 0 aromatic rings. The van der Waals surface area contributed by atoms with Crippen LogP contribution >= 0.6 is 0 Å². The smallest absolute Gasteiger partial charge is 0.0462 e. The van der Waals surface area contributed by atoms with Crippen LogP contribution < -0.4 is 0 Å². The second-order valence-electron chi connectivity index (χ2n) is 4.70. The van der Waals surface area contributed by atoms with E-state index in [1.807, 2.05) is 0 Å². The van der Waals surface area contributed by atoms with Crippen molar-refractivity contribution < 1.29 is 5.11 Å². The van der Waals surface area contributed by atoms with Gasteiger partial charge in [0.05, 0.1) is 0 Å². The summed E-state index contributed by atoms with van der Waals surface area (Å²) in [6, 6.07) is 0. The lowest BCUT2D eigenvalue weighted by Gasteiger charge is -2.17. The Labute approximate surface area is 63.4 Å². The molecule has 0 heterocycles. The van der Waals surface area contributed by atoms with Crippen LogP contribution in [0, 0.1) is 17.3 Å². The third-order valence-electron chi connectivity index (χ3n) is 2.18. The Hall–Kier alpha value is -0.0400. The molecular weight excluding hydrogens is 124 g/mol. The normalized spacial score (nSPS) is 32.4.